The van der Waals surface area contributed by atoms with E-state index in [2.05, 4.69) is 4.98 Å². The van der Waals surface area contributed by atoms with E-state index in [1.165, 1.54) is 0 Å². The van der Waals surface area contributed by atoms with E-state index in [1.807, 2.05) is 42.6 Å². The Bertz CT molecular complexity index is 600. The number of aromatic nitrogens is 1. The number of thiazole rings is 1. The summed E-state index contributed by atoms with van der Waals surface area (Å²) in [5.74, 6) is 0.143. The zero-order chi connectivity index (χ0) is 14.0. The minimum atomic E-state index is -0.599. The Morgan fingerprint density at radius 3 is 2.90 bits per heavy atom. The highest BCUT2D eigenvalue weighted by atomic mass is 32.1. The van der Waals surface area contributed by atoms with Crippen LogP contribution >= 0.6 is 11.3 Å². The number of rotatable bonds is 4. The quantitative estimate of drug-likeness (QED) is 0.864. The molecular weight excluding hydrogens is 270 g/mol. The SMILES string of the molecule is CC1(C(=O)Cc2nc(-c3ccccc3)cs2)CCCO1. The third-order valence-corrected chi connectivity index (χ3v) is 4.59. The molecular formula is C16H17NO2S. The summed E-state index contributed by atoms with van der Waals surface area (Å²) in [6.45, 7) is 2.59. The highest BCUT2D eigenvalue weighted by molar-refractivity contribution is 7.10. The van der Waals surface area contributed by atoms with Crippen LogP contribution in [-0.2, 0) is 16.0 Å². The molecule has 1 fully saturated rings. The second kappa shape index (κ2) is 5.46. The van der Waals surface area contributed by atoms with Crippen LogP contribution in [0.25, 0.3) is 11.3 Å². The van der Waals surface area contributed by atoms with Gasteiger partial charge in [-0.3, -0.25) is 4.79 Å². The van der Waals surface area contributed by atoms with E-state index >= 15 is 0 Å². The van der Waals surface area contributed by atoms with Crippen LogP contribution in [0, 0.1) is 0 Å². The Balaban J connectivity index is 1.73. The van der Waals surface area contributed by atoms with Crippen LogP contribution in [0.2, 0.25) is 0 Å². The third kappa shape index (κ3) is 2.67. The number of hydrogen-bond donors (Lipinski definition) is 0. The van der Waals surface area contributed by atoms with Crippen LogP contribution in [0.15, 0.2) is 35.7 Å². The Kier molecular flexibility index (Phi) is 3.68. The predicted octanol–water partition coefficient (Wildman–Crippen LogP) is 3.49. The second-order valence-electron chi connectivity index (χ2n) is 5.28. The smallest absolute Gasteiger partial charge is 0.171 e. The summed E-state index contributed by atoms with van der Waals surface area (Å²) in [6, 6.07) is 10.0. The molecule has 2 heterocycles. The minimum absolute atomic E-state index is 0.143. The van der Waals surface area contributed by atoms with Crippen molar-refractivity contribution in [2.45, 2.75) is 31.8 Å². The largest absolute Gasteiger partial charge is 0.367 e. The molecule has 20 heavy (non-hydrogen) atoms. The van der Waals surface area contributed by atoms with Crippen LogP contribution in [0.1, 0.15) is 24.8 Å². The van der Waals surface area contributed by atoms with Crippen LogP contribution in [-0.4, -0.2) is 23.0 Å². The van der Waals surface area contributed by atoms with Crippen LogP contribution in [0.5, 0.6) is 0 Å². The van der Waals surface area contributed by atoms with E-state index in [9.17, 15) is 4.79 Å². The summed E-state index contributed by atoms with van der Waals surface area (Å²) in [5.41, 5.74) is 1.43. The first-order chi connectivity index (χ1) is 9.67. The third-order valence-electron chi connectivity index (χ3n) is 3.74. The van der Waals surface area contributed by atoms with Crippen molar-refractivity contribution in [3.8, 4) is 11.3 Å². The zero-order valence-electron chi connectivity index (χ0n) is 11.5. The average Bonchev–Trinajstić information content (AvgIpc) is 3.10. The molecule has 0 saturated carbocycles. The van der Waals surface area contributed by atoms with Gasteiger partial charge in [-0.2, -0.15) is 0 Å². The van der Waals surface area contributed by atoms with Crippen molar-refractivity contribution in [3.05, 3.63) is 40.7 Å². The highest BCUT2D eigenvalue weighted by Crippen LogP contribution is 2.28. The number of Topliss-reactive ketones (excluding diaryl/α,β-unsaturated/α-hetero) is 1. The standard InChI is InChI=1S/C16H17NO2S/c1-16(8-5-9-19-16)14(18)10-15-17-13(11-20-15)12-6-3-2-4-7-12/h2-4,6-7,11H,5,8-10H2,1H3. The Morgan fingerprint density at radius 2 is 2.20 bits per heavy atom. The molecule has 1 aliphatic heterocycles. The van der Waals surface area contributed by atoms with Gasteiger partial charge >= 0.3 is 0 Å². The van der Waals surface area contributed by atoms with Crippen molar-refractivity contribution in [2.24, 2.45) is 0 Å². The molecule has 0 N–H and O–H groups in total. The number of nitrogens with zero attached hydrogens (tertiary/aromatic N) is 1. The lowest BCUT2D eigenvalue weighted by Crippen LogP contribution is -2.35. The molecule has 0 radical (unpaired) electrons. The fourth-order valence-electron chi connectivity index (χ4n) is 2.46. The van der Waals surface area contributed by atoms with Crippen molar-refractivity contribution < 1.29 is 9.53 Å². The molecule has 1 aromatic heterocycles. The van der Waals surface area contributed by atoms with Gasteiger partial charge in [0.05, 0.1) is 12.1 Å². The second-order valence-corrected chi connectivity index (χ2v) is 6.22. The van der Waals surface area contributed by atoms with Crippen LogP contribution in [0.4, 0.5) is 0 Å². The normalized spacial score (nSPS) is 22.1. The van der Waals surface area contributed by atoms with Gasteiger partial charge in [-0.05, 0) is 19.8 Å². The topological polar surface area (TPSA) is 39.2 Å². The summed E-state index contributed by atoms with van der Waals surface area (Å²) in [4.78, 5) is 16.9. The van der Waals surface area contributed by atoms with E-state index in [0.29, 0.717) is 13.0 Å². The molecule has 0 aliphatic carbocycles. The average molecular weight is 287 g/mol. The molecule has 1 aromatic carbocycles. The molecule has 1 unspecified atom stereocenters. The van der Waals surface area contributed by atoms with Gasteiger partial charge in [0.1, 0.15) is 10.6 Å². The first kappa shape index (κ1) is 13.5. The fraction of sp³-hybridized carbons (Fsp3) is 0.375. The number of ketones is 1. The van der Waals surface area contributed by atoms with E-state index in [0.717, 1.165) is 29.1 Å². The van der Waals surface area contributed by atoms with Crippen molar-refractivity contribution >= 4 is 17.1 Å². The highest BCUT2D eigenvalue weighted by Gasteiger charge is 2.37. The molecule has 1 aliphatic rings. The van der Waals surface area contributed by atoms with Gasteiger partial charge in [-0.15, -0.1) is 11.3 Å². The zero-order valence-corrected chi connectivity index (χ0v) is 12.3. The van der Waals surface area contributed by atoms with E-state index in [4.69, 9.17) is 4.74 Å². The monoisotopic (exact) mass is 287 g/mol. The maximum absolute atomic E-state index is 12.3. The van der Waals surface area contributed by atoms with Crippen molar-refractivity contribution in [3.63, 3.8) is 0 Å². The Hall–Kier alpha value is -1.52. The Morgan fingerprint density at radius 1 is 1.40 bits per heavy atom. The lowest BCUT2D eigenvalue weighted by atomic mass is 9.95. The number of carbonyl (C=O) groups excluding carboxylic acids is 1. The molecule has 0 amide bonds. The first-order valence-corrected chi connectivity index (χ1v) is 7.72. The molecule has 104 valence electrons. The van der Waals surface area contributed by atoms with Crippen molar-refractivity contribution in [1.29, 1.82) is 0 Å². The molecule has 3 rings (SSSR count). The fourth-order valence-corrected chi connectivity index (χ4v) is 3.26. The van der Waals surface area contributed by atoms with Gasteiger partial charge in [0.25, 0.3) is 0 Å². The summed E-state index contributed by atoms with van der Waals surface area (Å²) in [6.07, 6.45) is 2.16. The van der Waals surface area contributed by atoms with Crippen molar-refractivity contribution in [2.75, 3.05) is 6.61 Å². The van der Waals surface area contributed by atoms with Gasteiger partial charge in [0, 0.05) is 17.6 Å². The molecule has 2 aromatic rings. The van der Waals surface area contributed by atoms with Gasteiger partial charge in [0.15, 0.2) is 5.78 Å². The number of ether oxygens (including phenoxy) is 1. The molecule has 0 spiro atoms. The van der Waals surface area contributed by atoms with Gasteiger partial charge in [-0.25, -0.2) is 4.98 Å². The van der Waals surface area contributed by atoms with Gasteiger partial charge in [0.2, 0.25) is 0 Å². The molecule has 1 atom stereocenters. The Labute approximate surface area is 122 Å². The van der Waals surface area contributed by atoms with Crippen molar-refractivity contribution in [1.82, 2.24) is 4.98 Å². The van der Waals surface area contributed by atoms with E-state index in [1.54, 1.807) is 11.3 Å². The van der Waals surface area contributed by atoms with Crippen LogP contribution in [0.3, 0.4) is 0 Å². The molecule has 0 bridgehead atoms. The minimum Gasteiger partial charge on any atom is -0.367 e. The maximum Gasteiger partial charge on any atom is 0.171 e. The predicted molar refractivity (Wildman–Crippen MR) is 79.9 cm³/mol. The summed E-state index contributed by atoms with van der Waals surface area (Å²) < 4.78 is 5.59. The number of benzene rings is 1. The summed E-state index contributed by atoms with van der Waals surface area (Å²) >= 11 is 1.54. The van der Waals surface area contributed by atoms with E-state index in [-0.39, 0.29) is 5.78 Å². The lowest BCUT2D eigenvalue weighted by Gasteiger charge is -2.20. The molecule has 1 saturated heterocycles. The van der Waals surface area contributed by atoms with E-state index < -0.39 is 5.60 Å². The maximum atomic E-state index is 12.3. The lowest BCUT2D eigenvalue weighted by molar-refractivity contribution is -0.136. The van der Waals surface area contributed by atoms with Crippen LogP contribution < -0.4 is 0 Å². The molecule has 3 nitrogen and oxygen atoms in total. The summed E-state index contributed by atoms with van der Waals surface area (Å²) in [7, 11) is 0. The van der Waals surface area contributed by atoms with Gasteiger partial charge < -0.3 is 4.74 Å². The number of carbonyl (C=O) groups is 1. The molecule has 4 heteroatoms. The number of hydrogen-bond acceptors (Lipinski definition) is 4. The summed E-state index contributed by atoms with van der Waals surface area (Å²) in [5, 5.41) is 2.88. The van der Waals surface area contributed by atoms with Gasteiger partial charge in [-0.1, -0.05) is 30.3 Å². The first-order valence-electron chi connectivity index (χ1n) is 6.84.